The van der Waals surface area contributed by atoms with Gasteiger partial charge in [0, 0.05) is 11.6 Å². The van der Waals surface area contributed by atoms with Crippen LogP contribution in [0.25, 0.3) is 0 Å². The Morgan fingerprint density at radius 1 is 1.16 bits per heavy atom. The molecule has 132 valence electrons. The number of nitrogens with two attached hydrogens (primary N) is 1. The quantitative estimate of drug-likeness (QED) is 0.644. The van der Waals surface area contributed by atoms with Gasteiger partial charge in [0.1, 0.15) is 11.6 Å². The van der Waals surface area contributed by atoms with Crippen LogP contribution in [0.3, 0.4) is 0 Å². The number of guanidine groups is 1. The number of ether oxygens (including phenoxy) is 1. The summed E-state index contributed by atoms with van der Waals surface area (Å²) in [6.45, 7) is 0.686. The summed E-state index contributed by atoms with van der Waals surface area (Å²) >= 11 is 0. The molecule has 0 atom stereocenters. The third kappa shape index (κ3) is 4.29. The number of anilines is 1. The third-order valence-corrected chi connectivity index (χ3v) is 4.99. The first-order chi connectivity index (χ1) is 12.2. The molecular weight excluding hydrogens is 312 g/mol. The fourth-order valence-corrected chi connectivity index (χ4v) is 3.56. The Morgan fingerprint density at radius 3 is 2.56 bits per heavy atom. The highest BCUT2D eigenvalue weighted by Crippen LogP contribution is 2.40. The van der Waals surface area contributed by atoms with Crippen LogP contribution in [0, 0.1) is 0 Å². The Bertz CT molecular complexity index is 691. The number of nitrogens with zero attached hydrogens (tertiary/aromatic N) is 2. The minimum Gasteiger partial charge on any atom is -0.497 e. The average molecular weight is 338 g/mol. The normalized spacial score (nSPS) is 17.1. The van der Waals surface area contributed by atoms with Gasteiger partial charge in [0.25, 0.3) is 0 Å². The smallest absolute Gasteiger partial charge is 0.194 e. The molecule has 25 heavy (non-hydrogen) atoms. The summed E-state index contributed by atoms with van der Waals surface area (Å²) in [5.74, 6) is 2.01. The molecule has 0 unspecified atom stereocenters. The molecule has 0 amide bonds. The first kappa shape index (κ1) is 17.3. The first-order valence-corrected chi connectivity index (χ1v) is 8.84. The summed E-state index contributed by atoms with van der Waals surface area (Å²) < 4.78 is 5.29. The van der Waals surface area contributed by atoms with Gasteiger partial charge in [-0.05, 0) is 42.7 Å². The number of aliphatic imine (C=N–C) groups is 1. The Morgan fingerprint density at radius 2 is 1.92 bits per heavy atom. The average Bonchev–Trinajstić information content (AvgIpc) is 2.68. The topological polar surface area (TPSA) is 72.5 Å². The van der Waals surface area contributed by atoms with Crippen molar-refractivity contribution in [3.63, 3.8) is 0 Å². The van der Waals surface area contributed by atoms with E-state index in [0.29, 0.717) is 18.3 Å². The molecule has 0 spiro atoms. The fourth-order valence-electron chi connectivity index (χ4n) is 3.56. The highest BCUT2D eigenvalue weighted by atomic mass is 16.5. The summed E-state index contributed by atoms with van der Waals surface area (Å²) in [4.78, 5) is 8.87. The SMILES string of the molecule is COc1ccc(C2(CN=C(N)Nc3ccccn3)CCCCC2)cc1. The van der Waals surface area contributed by atoms with E-state index in [2.05, 4.69) is 27.4 Å². The lowest BCUT2D eigenvalue weighted by Gasteiger charge is -2.36. The van der Waals surface area contributed by atoms with Gasteiger partial charge in [-0.2, -0.15) is 0 Å². The second-order valence-electron chi connectivity index (χ2n) is 6.61. The summed E-state index contributed by atoms with van der Waals surface area (Å²) in [5.41, 5.74) is 7.46. The van der Waals surface area contributed by atoms with Crippen molar-refractivity contribution in [2.75, 3.05) is 19.0 Å². The molecule has 5 heteroatoms. The van der Waals surface area contributed by atoms with Gasteiger partial charge in [0.2, 0.25) is 0 Å². The number of pyridine rings is 1. The van der Waals surface area contributed by atoms with E-state index in [-0.39, 0.29) is 5.41 Å². The first-order valence-electron chi connectivity index (χ1n) is 8.84. The Labute approximate surface area is 149 Å². The number of hydrogen-bond acceptors (Lipinski definition) is 3. The third-order valence-electron chi connectivity index (χ3n) is 4.99. The molecule has 1 aliphatic rings. The van der Waals surface area contributed by atoms with Crippen molar-refractivity contribution < 1.29 is 4.74 Å². The Balaban J connectivity index is 1.77. The molecule has 3 N–H and O–H groups in total. The molecule has 1 aromatic carbocycles. The summed E-state index contributed by atoms with van der Waals surface area (Å²) in [5, 5.41) is 3.07. The van der Waals surface area contributed by atoms with Crippen molar-refractivity contribution >= 4 is 11.8 Å². The summed E-state index contributed by atoms with van der Waals surface area (Å²) in [6.07, 6.45) is 7.77. The predicted octanol–water partition coefficient (Wildman–Crippen LogP) is 3.72. The van der Waals surface area contributed by atoms with Crippen LogP contribution in [0.15, 0.2) is 53.7 Å². The highest BCUT2D eigenvalue weighted by molar-refractivity contribution is 5.91. The van der Waals surface area contributed by atoms with Crippen LogP contribution >= 0.6 is 0 Å². The predicted molar refractivity (Wildman–Crippen MR) is 102 cm³/mol. The molecule has 1 aliphatic carbocycles. The van der Waals surface area contributed by atoms with Gasteiger partial charge in [-0.3, -0.25) is 4.99 Å². The zero-order valence-corrected chi connectivity index (χ0v) is 14.7. The van der Waals surface area contributed by atoms with Crippen molar-refractivity contribution in [1.82, 2.24) is 4.98 Å². The van der Waals surface area contributed by atoms with Crippen LogP contribution in [-0.2, 0) is 5.41 Å². The van der Waals surface area contributed by atoms with Gasteiger partial charge < -0.3 is 15.8 Å². The van der Waals surface area contributed by atoms with E-state index < -0.39 is 0 Å². The molecule has 1 heterocycles. The lowest BCUT2D eigenvalue weighted by molar-refractivity contribution is 0.301. The number of benzene rings is 1. The lowest BCUT2D eigenvalue weighted by Crippen LogP contribution is -2.34. The fraction of sp³-hybridized carbons (Fsp3) is 0.400. The van der Waals surface area contributed by atoms with Crippen molar-refractivity contribution in [2.24, 2.45) is 10.7 Å². The lowest BCUT2D eigenvalue weighted by atomic mass is 9.69. The largest absolute Gasteiger partial charge is 0.497 e. The van der Waals surface area contributed by atoms with Gasteiger partial charge in [-0.1, -0.05) is 37.5 Å². The van der Waals surface area contributed by atoms with E-state index in [1.54, 1.807) is 13.3 Å². The van der Waals surface area contributed by atoms with E-state index in [1.807, 2.05) is 30.3 Å². The van der Waals surface area contributed by atoms with E-state index in [0.717, 1.165) is 18.6 Å². The maximum atomic E-state index is 6.08. The van der Waals surface area contributed by atoms with Crippen LogP contribution < -0.4 is 15.8 Å². The molecule has 3 rings (SSSR count). The van der Waals surface area contributed by atoms with E-state index in [9.17, 15) is 0 Å². The van der Waals surface area contributed by atoms with Gasteiger partial charge in [0.15, 0.2) is 5.96 Å². The van der Waals surface area contributed by atoms with Crippen LogP contribution in [0.2, 0.25) is 0 Å². The second kappa shape index (κ2) is 8.01. The molecule has 0 saturated heterocycles. The molecule has 1 fully saturated rings. The molecular formula is C20H26N4O. The van der Waals surface area contributed by atoms with E-state index in [1.165, 1.54) is 24.8 Å². The number of nitrogens with one attached hydrogen (secondary N) is 1. The molecule has 0 aliphatic heterocycles. The molecule has 0 radical (unpaired) electrons. The van der Waals surface area contributed by atoms with Gasteiger partial charge in [-0.25, -0.2) is 4.98 Å². The van der Waals surface area contributed by atoms with Crippen LogP contribution in [0.4, 0.5) is 5.82 Å². The number of methoxy groups -OCH3 is 1. The number of aromatic nitrogens is 1. The van der Waals surface area contributed by atoms with Crippen molar-refractivity contribution in [3.05, 3.63) is 54.2 Å². The van der Waals surface area contributed by atoms with Crippen molar-refractivity contribution in [2.45, 2.75) is 37.5 Å². The number of rotatable bonds is 5. The summed E-state index contributed by atoms with van der Waals surface area (Å²) in [6, 6.07) is 14.1. The molecule has 2 aromatic rings. The van der Waals surface area contributed by atoms with Crippen LogP contribution in [-0.4, -0.2) is 24.6 Å². The zero-order chi connectivity index (χ0) is 17.5. The maximum Gasteiger partial charge on any atom is 0.194 e. The standard InChI is InChI=1S/C20H26N4O/c1-25-17-10-8-16(9-11-17)20(12-4-2-5-13-20)15-23-19(21)24-18-7-3-6-14-22-18/h3,6-11,14H,2,4-5,12-13,15H2,1H3,(H3,21,22,23,24). The Hall–Kier alpha value is -2.56. The second-order valence-corrected chi connectivity index (χ2v) is 6.61. The maximum absolute atomic E-state index is 6.08. The van der Waals surface area contributed by atoms with Crippen LogP contribution in [0.1, 0.15) is 37.7 Å². The Kier molecular flexibility index (Phi) is 5.53. The molecule has 5 nitrogen and oxygen atoms in total. The van der Waals surface area contributed by atoms with Gasteiger partial charge in [0.05, 0.1) is 13.7 Å². The van der Waals surface area contributed by atoms with Gasteiger partial charge >= 0.3 is 0 Å². The number of hydrogen-bond donors (Lipinski definition) is 2. The highest BCUT2D eigenvalue weighted by Gasteiger charge is 2.33. The zero-order valence-electron chi connectivity index (χ0n) is 14.7. The van der Waals surface area contributed by atoms with E-state index in [4.69, 9.17) is 10.5 Å². The molecule has 1 saturated carbocycles. The van der Waals surface area contributed by atoms with Crippen molar-refractivity contribution in [3.8, 4) is 5.75 Å². The van der Waals surface area contributed by atoms with E-state index >= 15 is 0 Å². The summed E-state index contributed by atoms with van der Waals surface area (Å²) in [7, 11) is 1.69. The van der Waals surface area contributed by atoms with Crippen molar-refractivity contribution in [1.29, 1.82) is 0 Å². The van der Waals surface area contributed by atoms with Gasteiger partial charge in [-0.15, -0.1) is 0 Å². The van der Waals surface area contributed by atoms with Crippen LogP contribution in [0.5, 0.6) is 5.75 Å². The monoisotopic (exact) mass is 338 g/mol. The minimum atomic E-state index is 0.0565. The molecule has 1 aromatic heterocycles. The molecule has 0 bridgehead atoms. The minimum absolute atomic E-state index is 0.0565.